The van der Waals surface area contributed by atoms with Gasteiger partial charge in [0.2, 0.25) is 0 Å². The summed E-state index contributed by atoms with van der Waals surface area (Å²) in [5.74, 6) is -1.52. The first kappa shape index (κ1) is 20.9. The fourth-order valence-electron chi connectivity index (χ4n) is 2.34. The predicted octanol–water partition coefficient (Wildman–Crippen LogP) is 3.33. The molecule has 2 aromatic carbocycles. The first-order valence-electron chi connectivity index (χ1n) is 8.47. The number of pyridine rings is 1. The Morgan fingerprint density at radius 1 is 0.833 bits per heavy atom. The molecule has 0 atom stereocenters. The van der Waals surface area contributed by atoms with Crippen molar-refractivity contribution in [2.75, 3.05) is 0 Å². The summed E-state index contributed by atoms with van der Waals surface area (Å²) in [6.45, 7) is 0. The summed E-state index contributed by atoms with van der Waals surface area (Å²) >= 11 is 3.28. The van der Waals surface area contributed by atoms with Crippen molar-refractivity contribution in [1.82, 2.24) is 21.4 Å². The number of aromatic nitrogens is 1. The Morgan fingerprint density at radius 3 is 2.20 bits per heavy atom. The summed E-state index contributed by atoms with van der Waals surface area (Å²) in [5, 5.41) is 0. The van der Waals surface area contributed by atoms with Crippen LogP contribution < -0.4 is 21.1 Å². The van der Waals surface area contributed by atoms with E-state index in [0.717, 1.165) is 10.0 Å². The molecule has 152 valence electrons. The number of nitrogens with zero attached hydrogens (tertiary/aromatic N) is 1. The third-order valence-corrected chi connectivity index (χ3v) is 4.31. The molecule has 3 aromatic rings. The zero-order valence-electron chi connectivity index (χ0n) is 15.2. The zero-order chi connectivity index (χ0) is 21.5. The van der Waals surface area contributed by atoms with Gasteiger partial charge in [0, 0.05) is 27.9 Å². The number of nitrogens with one attached hydrogen (secondary N) is 3. The van der Waals surface area contributed by atoms with Crippen LogP contribution in [0.1, 0.15) is 31.2 Å². The van der Waals surface area contributed by atoms with E-state index < -0.39 is 17.7 Å². The monoisotopic (exact) mass is 472 g/mol. The molecule has 0 saturated carbocycles. The molecule has 3 N–H and O–H groups in total. The third-order valence-electron chi connectivity index (χ3n) is 3.78. The Labute approximate surface area is 178 Å². The van der Waals surface area contributed by atoms with Crippen LogP contribution in [0.25, 0.3) is 0 Å². The van der Waals surface area contributed by atoms with Crippen molar-refractivity contribution >= 4 is 33.7 Å². The number of hydrazine groups is 1. The van der Waals surface area contributed by atoms with Gasteiger partial charge in [-0.05, 0) is 48.5 Å². The second-order valence-corrected chi connectivity index (χ2v) is 6.76. The van der Waals surface area contributed by atoms with Crippen molar-refractivity contribution < 1.29 is 23.6 Å². The van der Waals surface area contributed by atoms with Gasteiger partial charge < -0.3 is 4.74 Å². The molecule has 0 aliphatic carbocycles. The molecule has 1 heterocycles. The minimum absolute atomic E-state index is 0.167. The highest BCUT2D eigenvalue weighted by Gasteiger charge is 2.11. The topological polar surface area (TPSA) is 109 Å². The third kappa shape index (κ3) is 5.39. The Morgan fingerprint density at radius 2 is 1.50 bits per heavy atom. The lowest BCUT2D eigenvalue weighted by Gasteiger charge is -2.10. The maximum atomic E-state index is 12.3. The van der Waals surface area contributed by atoms with Crippen LogP contribution in [-0.2, 0) is 0 Å². The number of halogens is 2. The maximum absolute atomic E-state index is 12.3. The maximum Gasteiger partial charge on any atom is 0.297 e. The van der Waals surface area contributed by atoms with Crippen LogP contribution >= 0.6 is 15.9 Å². The van der Waals surface area contributed by atoms with Crippen molar-refractivity contribution in [3.63, 3.8) is 0 Å². The SMILES string of the molecule is O=C(NNC(=O)c1cccc(Oc2ccnc(C(=O)NF)c2)c1)c1ccc(Br)cc1. The Kier molecular flexibility index (Phi) is 6.71. The number of benzene rings is 2. The summed E-state index contributed by atoms with van der Waals surface area (Å²) in [4.78, 5) is 39.5. The van der Waals surface area contributed by atoms with Gasteiger partial charge in [-0.15, -0.1) is 0 Å². The van der Waals surface area contributed by atoms with Crippen LogP contribution in [0, 0.1) is 0 Å². The molecule has 30 heavy (non-hydrogen) atoms. The summed E-state index contributed by atoms with van der Waals surface area (Å²) in [6, 6.07) is 15.5. The van der Waals surface area contributed by atoms with Gasteiger partial charge in [0.05, 0.1) is 0 Å². The lowest BCUT2D eigenvalue weighted by Crippen LogP contribution is -2.41. The van der Waals surface area contributed by atoms with Gasteiger partial charge >= 0.3 is 0 Å². The minimum atomic E-state index is -1.00. The molecular formula is C20H14BrFN4O4. The first-order chi connectivity index (χ1) is 14.5. The quantitative estimate of drug-likeness (QED) is 0.389. The van der Waals surface area contributed by atoms with Gasteiger partial charge in [-0.2, -0.15) is 5.54 Å². The van der Waals surface area contributed by atoms with E-state index in [4.69, 9.17) is 4.74 Å². The highest BCUT2D eigenvalue weighted by atomic mass is 79.9. The average Bonchev–Trinajstić information content (AvgIpc) is 2.77. The van der Waals surface area contributed by atoms with E-state index in [1.807, 2.05) is 0 Å². The fraction of sp³-hybridized carbons (Fsp3) is 0. The zero-order valence-corrected chi connectivity index (χ0v) is 16.8. The van der Waals surface area contributed by atoms with Crippen molar-refractivity contribution in [1.29, 1.82) is 0 Å². The molecule has 1 aromatic heterocycles. The summed E-state index contributed by atoms with van der Waals surface area (Å²) in [6.07, 6.45) is 1.29. The average molecular weight is 473 g/mol. The van der Waals surface area contributed by atoms with E-state index in [1.54, 1.807) is 36.4 Å². The molecule has 8 nitrogen and oxygen atoms in total. The summed E-state index contributed by atoms with van der Waals surface area (Å²) in [5.41, 5.74) is 6.07. The van der Waals surface area contributed by atoms with Crippen LogP contribution in [0.3, 0.4) is 0 Å². The standard InChI is InChI=1S/C20H14BrFN4O4/c21-14-6-4-12(5-7-14)18(27)25-26-19(28)13-2-1-3-15(10-13)30-16-8-9-23-17(11-16)20(29)24-22/h1-11H,(H,24,29)(H,25,27)(H,26,28). The highest BCUT2D eigenvalue weighted by molar-refractivity contribution is 9.10. The normalized spacial score (nSPS) is 10.1. The molecule has 0 radical (unpaired) electrons. The van der Waals surface area contributed by atoms with Crippen LogP contribution in [-0.4, -0.2) is 22.7 Å². The summed E-state index contributed by atoms with van der Waals surface area (Å²) in [7, 11) is 0. The van der Waals surface area contributed by atoms with Gasteiger partial charge in [-0.25, -0.2) is 0 Å². The number of hydrogen-bond acceptors (Lipinski definition) is 5. The number of rotatable bonds is 5. The Balaban J connectivity index is 1.64. The minimum Gasteiger partial charge on any atom is -0.457 e. The van der Waals surface area contributed by atoms with E-state index in [-0.39, 0.29) is 17.0 Å². The van der Waals surface area contributed by atoms with E-state index in [1.165, 1.54) is 30.5 Å². The van der Waals surface area contributed by atoms with Crippen LogP contribution in [0.4, 0.5) is 4.48 Å². The molecule has 0 bridgehead atoms. The number of amides is 3. The molecule has 10 heteroatoms. The fourth-order valence-corrected chi connectivity index (χ4v) is 2.61. The lowest BCUT2D eigenvalue weighted by atomic mass is 10.2. The molecule has 0 fully saturated rings. The van der Waals surface area contributed by atoms with Crippen molar-refractivity contribution in [2.45, 2.75) is 0 Å². The second kappa shape index (κ2) is 9.61. The molecule has 3 amide bonds. The van der Waals surface area contributed by atoms with E-state index in [2.05, 4.69) is 31.8 Å². The van der Waals surface area contributed by atoms with Crippen molar-refractivity contribution in [3.05, 3.63) is 88.2 Å². The van der Waals surface area contributed by atoms with E-state index >= 15 is 0 Å². The Bertz CT molecular complexity index is 1090. The van der Waals surface area contributed by atoms with Crippen LogP contribution in [0.15, 0.2) is 71.3 Å². The molecule has 0 unspecified atom stereocenters. The van der Waals surface area contributed by atoms with Crippen molar-refractivity contribution in [3.8, 4) is 11.5 Å². The summed E-state index contributed by atoms with van der Waals surface area (Å²) < 4.78 is 18.7. The first-order valence-corrected chi connectivity index (χ1v) is 9.27. The molecule has 0 saturated heterocycles. The highest BCUT2D eigenvalue weighted by Crippen LogP contribution is 2.22. The molecule has 0 spiro atoms. The van der Waals surface area contributed by atoms with E-state index in [0.29, 0.717) is 11.3 Å². The molecular weight excluding hydrogens is 459 g/mol. The van der Waals surface area contributed by atoms with Crippen molar-refractivity contribution in [2.24, 2.45) is 0 Å². The van der Waals surface area contributed by atoms with Crippen LogP contribution in [0.5, 0.6) is 11.5 Å². The number of ether oxygens (including phenoxy) is 1. The van der Waals surface area contributed by atoms with Gasteiger partial charge in [-0.3, -0.25) is 30.2 Å². The number of hydrogen-bond donors (Lipinski definition) is 3. The predicted molar refractivity (Wildman–Crippen MR) is 108 cm³/mol. The lowest BCUT2D eigenvalue weighted by molar-refractivity contribution is 0.0846. The number of carbonyl (C=O) groups is 3. The Hall–Kier alpha value is -3.79. The molecule has 0 aliphatic heterocycles. The largest absolute Gasteiger partial charge is 0.457 e. The molecule has 0 aliphatic rings. The van der Waals surface area contributed by atoms with Gasteiger partial charge in [-0.1, -0.05) is 26.5 Å². The van der Waals surface area contributed by atoms with Gasteiger partial charge in [0.1, 0.15) is 17.2 Å². The smallest absolute Gasteiger partial charge is 0.297 e. The number of carbonyl (C=O) groups excluding carboxylic acids is 3. The van der Waals surface area contributed by atoms with Gasteiger partial charge in [0.25, 0.3) is 17.7 Å². The second-order valence-electron chi connectivity index (χ2n) is 5.85. The van der Waals surface area contributed by atoms with Crippen LogP contribution in [0.2, 0.25) is 0 Å². The molecule has 3 rings (SSSR count). The van der Waals surface area contributed by atoms with Gasteiger partial charge in [0.15, 0.2) is 0 Å². The van der Waals surface area contributed by atoms with E-state index in [9.17, 15) is 18.9 Å².